The fraction of sp³-hybridized carbons (Fsp3) is 0.833. The molecular formula is C12H24N2O5P2S4. The van der Waals surface area contributed by atoms with E-state index in [4.69, 9.17) is 46.7 Å². The van der Waals surface area contributed by atoms with Gasteiger partial charge in [-0.2, -0.15) is 4.98 Å². The summed E-state index contributed by atoms with van der Waals surface area (Å²) in [6, 6.07) is 0. The number of hydrogen-bond donors (Lipinski definition) is 0. The van der Waals surface area contributed by atoms with E-state index in [2.05, 4.69) is 10.1 Å². The molecule has 0 spiro atoms. The normalized spacial score (nSPS) is 13.1. The summed E-state index contributed by atoms with van der Waals surface area (Å²) in [7, 11) is 0. The first-order valence-corrected chi connectivity index (χ1v) is 16.2. The molecule has 1 atom stereocenters. The van der Waals surface area contributed by atoms with Crippen LogP contribution in [0.25, 0.3) is 0 Å². The molecule has 25 heavy (non-hydrogen) atoms. The smallest absolute Gasteiger partial charge is 0.305 e. The van der Waals surface area contributed by atoms with Crippen LogP contribution in [0.2, 0.25) is 0 Å². The van der Waals surface area contributed by atoms with Crippen molar-refractivity contribution in [3.05, 3.63) is 11.7 Å². The molecule has 1 rings (SSSR count). The first kappa shape index (κ1) is 24.0. The summed E-state index contributed by atoms with van der Waals surface area (Å²) in [4.78, 5) is 4.42. The minimum atomic E-state index is -2.41. The van der Waals surface area contributed by atoms with Crippen molar-refractivity contribution < 1.29 is 23.0 Å². The van der Waals surface area contributed by atoms with E-state index >= 15 is 0 Å². The first-order valence-electron chi connectivity index (χ1n) is 7.75. The van der Waals surface area contributed by atoms with Crippen LogP contribution in [0, 0.1) is 0 Å². The third-order valence-electron chi connectivity index (χ3n) is 2.53. The molecule has 0 fully saturated rings. The van der Waals surface area contributed by atoms with Crippen molar-refractivity contribution in [3.8, 4) is 0 Å². The Morgan fingerprint density at radius 2 is 1.72 bits per heavy atom. The highest BCUT2D eigenvalue weighted by molar-refractivity contribution is 8.67. The summed E-state index contributed by atoms with van der Waals surface area (Å²) in [6.45, 7) is 9.03. The van der Waals surface area contributed by atoms with Gasteiger partial charge >= 0.3 is 5.12 Å². The lowest BCUT2D eigenvalue weighted by Crippen LogP contribution is -2.29. The Hall–Kier alpha value is 0.980. The van der Waals surface area contributed by atoms with Crippen LogP contribution >= 0.6 is 35.0 Å². The lowest BCUT2D eigenvalue weighted by atomic mass is 10.5. The Bertz CT molecular complexity index is 561. The number of aromatic nitrogens is 2. The van der Waals surface area contributed by atoms with Crippen LogP contribution < -0.4 is 0 Å². The van der Waals surface area contributed by atoms with Crippen molar-refractivity contribution >= 4 is 58.6 Å². The third-order valence-corrected chi connectivity index (χ3v) is 10.8. The molecule has 1 unspecified atom stereocenters. The zero-order valence-corrected chi connectivity index (χ0v) is 19.9. The third kappa shape index (κ3) is 7.49. The van der Waals surface area contributed by atoms with Gasteiger partial charge in [-0.15, -0.1) is 0 Å². The first-order chi connectivity index (χ1) is 12.0. The van der Waals surface area contributed by atoms with Crippen molar-refractivity contribution in [2.24, 2.45) is 0 Å². The summed E-state index contributed by atoms with van der Waals surface area (Å²) in [5.74, 6) is 1.16. The Kier molecular flexibility index (Phi) is 12.0. The molecule has 0 aromatic carbocycles. The van der Waals surface area contributed by atoms with Crippen LogP contribution in [0.4, 0.5) is 0 Å². The van der Waals surface area contributed by atoms with Crippen molar-refractivity contribution in [2.45, 2.75) is 38.6 Å². The van der Waals surface area contributed by atoms with Gasteiger partial charge in [0.1, 0.15) is 0 Å². The minimum absolute atomic E-state index is 0.260. The molecule has 0 aliphatic heterocycles. The minimum Gasteiger partial charge on any atom is -0.334 e. The van der Waals surface area contributed by atoms with Gasteiger partial charge in [0.2, 0.25) is 5.69 Å². The highest BCUT2D eigenvalue weighted by atomic mass is 32.9. The Morgan fingerprint density at radius 1 is 1.12 bits per heavy atom. The number of rotatable bonds is 14. The highest BCUT2D eigenvalue weighted by Crippen LogP contribution is 2.61. The van der Waals surface area contributed by atoms with Gasteiger partial charge in [0.05, 0.1) is 19.0 Å². The molecule has 146 valence electrons. The summed E-state index contributed by atoms with van der Waals surface area (Å²) in [6.07, 6.45) is 0. The van der Waals surface area contributed by atoms with Gasteiger partial charge in [0.25, 0.3) is 5.89 Å². The second-order valence-corrected chi connectivity index (χ2v) is 14.5. The molecule has 0 bridgehead atoms. The van der Waals surface area contributed by atoms with Crippen LogP contribution in [0.15, 0.2) is 4.52 Å². The molecule has 0 saturated heterocycles. The summed E-state index contributed by atoms with van der Waals surface area (Å²) in [5, 5.41) is 2.87. The molecule has 1 aromatic rings. The molecule has 0 aliphatic rings. The second-order valence-electron chi connectivity index (χ2n) is 4.21. The maximum atomic E-state index is 5.76. The zero-order valence-electron chi connectivity index (χ0n) is 14.6. The molecule has 0 saturated carbocycles. The maximum Gasteiger partial charge on any atom is 0.305 e. The van der Waals surface area contributed by atoms with Gasteiger partial charge in [-0.05, 0) is 46.1 Å². The predicted molar refractivity (Wildman–Crippen MR) is 113 cm³/mol. The average Bonchev–Trinajstić information content (AvgIpc) is 3.04. The van der Waals surface area contributed by atoms with Crippen LogP contribution in [0.1, 0.15) is 39.4 Å². The summed E-state index contributed by atoms with van der Waals surface area (Å²) < 4.78 is 28.1. The van der Waals surface area contributed by atoms with Gasteiger partial charge in [-0.1, -0.05) is 39.7 Å². The van der Waals surface area contributed by atoms with Gasteiger partial charge in [-0.3, -0.25) is 0 Å². The van der Waals surface area contributed by atoms with Gasteiger partial charge in [0, 0.05) is 13.2 Å². The van der Waals surface area contributed by atoms with E-state index in [0.717, 1.165) is 0 Å². The Labute approximate surface area is 168 Å². The van der Waals surface area contributed by atoms with Crippen LogP contribution in [0.5, 0.6) is 0 Å². The lowest BCUT2D eigenvalue weighted by molar-refractivity contribution is -0.186. The van der Waals surface area contributed by atoms with Crippen molar-refractivity contribution in [1.82, 2.24) is 10.1 Å². The molecule has 1 heterocycles. The van der Waals surface area contributed by atoms with Crippen LogP contribution in [-0.4, -0.2) is 36.6 Å². The number of ether oxygens (including phenoxy) is 2. The molecule has 0 radical (unpaired) electrons. The van der Waals surface area contributed by atoms with Gasteiger partial charge in [-0.25, -0.2) is 0 Å². The van der Waals surface area contributed by atoms with E-state index in [1.165, 1.54) is 22.8 Å². The fourth-order valence-electron chi connectivity index (χ4n) is 1.73. The lowest BCUT2D eigenvalue weighted by Gasteiger charge is -2.26. The van der Waals surface area contributed by atoms with Crippen molar-refractivity contribution in [1.29, 1.82) is 0 Å². The van der Waals surface area contributed by atoms with E-state index in [0.29, 0.717) is 38.0 Å². The van der Waals surface area contributed by atoms with E-state index in [1.807, 2.05) is 27.7 Å². The predicted octanol–water partition coefficient (Wildman–Crippen LogP) is 4.30. The Morgan fingerprint density at radius 3 is 2.20 bits per heavy atom. The largest absolute Gasteiger partial charge is 0.334 e. The molecule has 0 amide bonds. The van der Waals surface area contributed by atoms with Crippen LogP contribution in [0.3, 0.4) is 0 Å². The van der Waals surface area contributed by atoms with E-state index < -0.39 is 10.8 Å². The van der Waals surface area contributed by atoms with Crippen LogP contribution in [-0.2, 0) is 53.0 Å². The molecule has 0 N–H and O–H groups in total. The number of hydrogen-bond acceptors (Lipinski definition) is 11. The molecule has 7 nitrogen and oxygen atoms in total. The number of nitrogens with zero attached hydrogens (tertiary/aromatic N) is 2. The van der Waals surface area contributed by atoms with Crippen molar-refractivity contribution in [2.75, 3.05) is 26.4 Å². The summed E-state index contributed by atoms with van der Waals surface area (Å²) in [5.41, 5.74) is -2.41. The average molecular weight is 467 g/mol. The summed E-state index contributed by atoms with van der Waals surface area (Å²) >= 11 is 13.4. The topological polar surface area (TPSA) is 75.8 Å². The molecule has 1 aromatic heterocycles. The standard InChI is InChI=1S/C12H24N2O5P2S4/c1-5-15-12(16-6-2,25-20-22)11-13-10(14-19-11)9-24-21(23,17-7-3)18-8-4/h5-9,20H2,1-4H3. The van der Waals surface area contributed by atoms with E-state index in [-0.39, 0.29) is 12.4 Å². The van der Waals surface area contributed by atoms with E-state index in [1.54, 1.807) is 0 Å². The zero-order chi connectivity index (χ0) is 18.8. The van der Waals surface area contributed by atoms with E-state index in [9.17, 15) is 0 Å². The van der Waals surface area contributed by atoms with Gasteiger partial charge < -0.3 is 23.0 Å². The quantitative estimate of drug-likeness (QED) is 0.291. The maximum absolute atomic E-state index is 5.76. The van der Waals surface area contributed by atoms with Gasteiger partial charge in [0.15, 0.2) is 5.82 Å². The highest BCUT2D eigenvalue weighted by Gasteiger charge is 2.40. The molecular weight excluding hydrogens is 442 g/mol. The monoisotopic (exact) mass is 466 g/mol. The SMILES string of the molecule is CCOC(OCC)(S[PH2]=S)c1nc(CSP(=S)(OCC)OCC)no1. The van der Waals surface area contributed by atoms with Crippen molar-refractivity contribution in [3.63, 3.8) is 0 Å². The second kappa shape index (κ2) is 12.4. The molecule has 13 heteroatoms. The molecule has 0 aliphatic carbocycles. The Balaban J connectivity index is 2.91. The fourth-order valence-corrected chi connectivity index (χ4v) is 8.90.